The molecule has 1 aromatic rings. The molecule has 5 heteroatoms. The molecule has 0 saturated carbocycles. The van der Waals surface area contributed by atoms with Crippen LogP contribution in [0.1, 0.15) is 5.56 Å². The van der Waals surface area contributed by atoms with E-state index in [-0.39, 0.29) is 11.9 Å². The van der Waals surface area contributed by atoms with Crippen molar-refractivity contribution in [2.45, 2.75) is 12.6 Å². The molecule has 0 amide bonds. The molecule has 1 saturated heterocycles. The van der Waals surface area contributed by atoms with Crippen molar-refractivity contribution in [1.82, 2.24) is 4.90 Å². The Balaban J connectivity index is 2.02. The van der Waals surface area contributed by atoms with Gasteiger partial charge in [0, 0.05) is 25.0 Å². The molecule has 2 rings (SSSR count). The number of hydrogen-bond acceptors (Lipinski definition) is 2. The Labute approximate surface area is 117 Å². The van der Waals surface area contributed by atoms with Crippen molar-refractivity contribution in [3.05, 3.63) is 34.1 Å². The van der Waals surface area contributed by atoms with Gasteiger partial charge in [0.1, 0.15) is 5.82 Å². The van der Waals surface area contributed by atoms with Crippen LogP contribution in [0, 0.1) is 5.82 Å². The van der Waals surface area contributed by atoms with Crippen molar-refractivity contribution in [3.63, 3.8) is 0 Å². The summed E-state index contributed by atoms with van der Waals surface area (Å²) in [5.74, 6) is -0.201. The quantitative estimate of drug-likeness (QED) is 0.762. The normalized spacial score (nSPS) is 21.7. The number of ether oxygens (including phenoxy) is 1. The van der Waals surface area contributed by atoms with Gasteiger partial charge in [0.05, 0.1) is 17.2 Å². The van der Waals surface area contributed by atoms with Crippen LogP contribution in [-0.4, -0.2) is 36.0 Å². The molecular weight excluding hydrogens is 353 g/mol. The molecule has 1 heterocycles. The number of nitrogens with zero attached hydrogens (tertiary/aromatic N) is 1. The lowest BCUT2D eigenvalue weighted by Gasteiger charge is -2.32. The average Bonchev–Trinajstić information content (AvgIpc) is 2.35. The van der Waals surface area contributed by atoms with Crippen molar-refractivity contribution in [3.8, 4) is 0 Å². The van der Waals surface area contributed by atoms with E-state index in [1.165, 1.54) is 6.07 Å². The first-order chi connectivity index (χ1) is 8.20. The lowest BCUT2D eigenvalue weighted by Crippen LogP contribution is -2.42. The van der Waals surface area contributed by atoms with Crippen LogP contribution in [0.5, 0.6) is 0 Å². The van der Waals surface area contributed by atoms with Gasteiger partial charge < -0.3 is 4.74 Å². The van der Waals surface area contributed by atoms with E-state index in [0.717, 1.165) is 37.1 Å². The van der Waals surface area contributed by atoms with Crippen LogP contribution in [0.25, 0.3) is 0 Å². The van der Waals surface area contributed by atoms with Gasteiger partial charge in [0.15, 0.2) is 0 Å². The minimum atomic E-state index is -0.201. The summed E-state index contributed by atoms with van der Waals surface area (Å²) in [5, 5.41) is 0.841. The molecule has 0 bridgehead atoms. The molecule has 94 valence electrons. The zero-order valence-corrected chi connectivity index (χ0v) is 12.5. The fourth-order valence-electron chi connectivity index (χ4n) is 1.93. The van der Waals surface area contributed by atoms with E-state index in [4.69, 9.17) is 4.74 Å². The van der Waals surface area contributed by atoms with Crippen molar-refractivity contribution in [2.24, 2.45) is 0 Å². The van der Waals surface area contributed by atoms with Crippen molar-refractivity contribution < 1.29 is 9.13 Å². The van der Waals surface area contributed by atoms with Gasteiger partial charge in [0.25, 0.3) is 0 Å². The zero-order valence-electron chi connectivity index (χ0n) is 9.33. The fourth-order valence-corrected chi connectivity index (χ4v) is 2.71. The van der Waals surface area contributed by atoms with Crippen LogP contribution in [0.4, 0.5) is 4.39 Å². The molecule has 2 nitrogen and oxygen atoms in total. The van der Waals surface area contributed by atoms with Gasteiger partial charge >= 0.3 is 0 Å². The highest BCUT2D eigenvalue weighted by atomic mass is 79.9. The third-order valence-electron chi connectivity index (χ3n) is 2.82. The number of benzene rings is 1. The van der Waals surface area contributed by atoms with Gasteiger partial charge in [-0.15, -0.1) is 0 Å². The highest BCUT2D eigenvalue weighted by molar-refractivity contribution is 9.10. The molecule has 1 fully saturated rings. The first kappa shape index (κ1) is 13.5. The molecule has 0 spiro atoms. The number of alkyl halides is 1. The Morgan fingerprint density at radius 3 is 3.06 bits per heavy atom. The molecular formula is C12H14Br2FNO. The van der Waals surface area contributed by atoms with Gasteiger partial charge in [0.2, 0.25) is 0 Å². The highest BCUT2D eigenvalue weighted by Gasteiger charge is 2.20. The molecule has 1 aliphatic rings. The smallest absolute Gasteiger partial charge is 0.137 e. The number of rotatable bonds is 3. The number of halogens is 3. The number of morpholine rings is 1. The monoisotopic (exact) mass is 365 g/mol. The molecule has 1 atom stereocenters. The summed E-state index contributed by atoms with van der Waals surface area (Å²) in [6.07, 6.45) is 0.232. The van der Waals surface area contributed by atoms with Crippen molar-refractivity contribution in [1.29, 1.82) is 0 Å². The Bertz CT molecular complexity index is 389. The second kappa shape index (κ2) is 6.27. The minimum Gasteiger partial charge on any atom is -0.375 e. The predicted octanol–water partition coefficient (Wildman–Crippen LogP) is 3.18. The number of hydrogen-bond donors (Lipinski definition) is 0. The zero-order chi connectivity index (χ0) is 12.3. The van der Waals surface area contributed by atoms with Crippen LogP contribution in [-0.2, 0) is 11.3 Å². The van der Waals surface area contributed by atoms with E-state index in [1.54, 1.807) is 6.07 Å². The summed E-state index contributed by atoms with van der Waals surface area (Å²) in [4.78, 5) is 2.29. The van der Waals surface area contributed by atoms with Gasteiger partial charge in [-0.1, -0.05) is 28.1 Å². The van der Waals surface area contributed by atoms with E-state index in [1.807, 2.05) is 6.07 Å². The molecule has 1 aliphatic heterocycles. The maximum absolute atomic E-state index is 13.4. The van der Waals surface area contributed by atoms with E-state index >= 15 is 0 Å². The molecule has 1 unspecified atom stereocenters. The van der Waals surface area contributed by atoms with Crippen LogP contribution in [0.3, 0.4) is 0 Å². The van der Waals surface area contributed by atoms with Crippen molar-refractivity contribution in [2.75, 3.05) is 25.0 Å². The standard InChI is InChI=1S/C12H14Br2FNO/c13-6-10-8-16(4-5-17-10)7-9-2-1-3-11(15)12(9)14/h1-3,10H,4-8H2. The largest absolute Gasteiger partial charge is 0.375 e. The van der Waals surface area contributed by atoms with Crippen molar-refractivity contribution >= 4 is 31.9 Å². The highest BCUT2D eigenvalue weighted by Crippen LogP contribution is 2.22. The third-order valence-corrected chi connectivity index (χ3v) is 4.43. The molecule has 0 N–H and O–H groups in total. The molecule has 0 aromatic heterocycles. The van der Waals surface area contributed by atoms with Crippen LogP contribution in [0.2, 0.25) is 0 Å². The Kier molecular flexibility index (Phi) is 4.97. The first-order valence-electron chi connectivity index (χ1n) is 5.53. The topological polar surface area (TPSA) is 12.5 Å². The van der Waals surface area contributed by atoms with Gasteiger partial charge in [-0.2, -0.15) is 0 Å². The Hall–Kier alpha value is 0.0300. The summed E-state index contributed by atoms with van der Waals surface area (Å²) in [5.41, 5.74) is 0.986. The first-order valence-corrected chi connectivity index (χ1v) is 7.45. The Morgan fingerprint density at radius 1 is 1.47 bits per heavy atom. The summed E-state index contributed by atoms with van der Waals surface area (Å²) in [6.45, 7) is 3.27. The van der Waals surface area contributed by atoms with Crippen LogP contribution >= 0.6 is 31.9 Å². The second-order valence-electron chi connectivity index (χ2n) is 4.10. The molecule has 1 aromatic carbocycles. The summed E-state index contributed by atoms with van der Waals surface area (Å²) in [6, 6.07) is 5.16. The molecule has 0 aliphatic carbocycles. The lowest BCUT2D eigenvalue weighted by atomic mass is 10.2. The van der Waals surface area contributed by atoms with Crippen LogP contribution < -0.4 is 0 Å². The molecule has 17 heavy (non-hydrogen) atoms. The van der Waals surface area contributed by atoms with Gasteiger partial charge in [-0.05, 0) is 27.6 Å². The third kappa shape index (κ3) is 3.50. The maximum atomic E-state index is 13.4. The van der Waals surface area contributed by atoms with E-state index in [0.29, 0.717) is 4.47 Å². The molecule has 0 radical (unpaired) electrons. The Morgan fingerprint density at radius 2 is 2.29 bits per heavy atom. The van der Waals surface area contributed by atoms with E-state index < -0.39 is 0 Å². The summed E-state index contributed by atoms with van der Waals surface area (Å²) in [7, 11) is 0. The fraction of sp³-hybridized carbons (Fsp3) is 0.500. The van der Waals surface area contributed by atoms with E-state index in [2.05, 4.69) is 36.8 Å². The lowest BCUT2D eigenvalue weighted by molar-refractivity contribution is -0.0182. The van der Waals surface area contributed by atoms with E-state index in [9.17, 15) is 4.39 Å². The second-order valence-corrected chi connectivity index (χ2v) is 5.54. The SMILES string of the molecule is Fc1cccc(CN2CCOC(CBr)C2)c1Br. The maximum Gasteiger partial charge on any atom is 0.137 e. The van der Waals surface area contributed by atoms with Gasteiger partial charge in [-0.25, -0.2) is 4.39 Å². The summed E-state index contributed by atoms with van der Waals surface area (Å²) < 4.78 is 19.5. The summed E-state index contributed by atoms with van der Waals surface area (Å²) >= 11 is 6.73. The van der Waals surface area contributed by atoms with Gasteiger partial charge in [-0.3, -0.25) is 4.90 Å². The minimum absolute atomic E-state index is 0.201. The average molecular weight is 367 g/mol. The van der Waals surface area contributed by atoms with Crippen LogP contribution in [0.15, 0.2) is 22.7 Å². The predicted molar refractivity (Wildman–Crippen MR) is 72.9 cm³/mol.